The van der Waals surface area contributed by atoms with Crippen molar-refractivity contribution in [3.63, 3.8) is 0 Å². The Balaban J connectivity index is 1.41. The molecule has 0 saturated carbocycles. The van der Waals surface area contributed by atoms with Gasteiger partial charge in [0.1, 0.15) is 11.5 Å². The first kappa shape index (κ1) is 18.0. The Morgan fingerprint density at radius 1 is 1.00 bits per heavy atom. The molecule has 2 aliphatic heterocycles. The van der Waals surface area contributed by atoms with E-state index in [-0.39, 0.29) is 5.91 Å². The van der Waals surface area contributed by atoms with Crippen LogP contribution in [0.4, 0.5) is 5.82 Å². The monoisotopic (exact) mass is 364 g/mol. The molecule has 2 saturated heterocycles. The number of hydrogen-bond acceptors (Lipinski definition) is 4. The molecule has 142 valence electrons. The maximum Gasteiger partial charge on any atom is 0.272 e. The number of anilines is 1. The van der Waals surface area contributed by atoms with E-state index in [2.05, 4.69) is 46.4 Å². The van der Waals surface area contributed by atoms with Crippen LogP contribution in [0.2, 0.25) is 0 Å². The number of piperidine rings is 1. The van der Waals surface area contributed by atoms with Crippen LogP contribution in [-0.2, 0) is 0 Å². The van der Waals surface area contributed by atoms with Crippen LogP contribution in [0.5, 0.6) is 0 Å². The van der Waals surface area contributed by atoms with Crippen LogP contribution in [0, 0.1) is 6.92 Å². The topological polar surface area (TPSA) is 48.5 Å². The minimum atomic E-state index is 0.0650. The van der Waals surface area contributed by atoms with Crippen LogP contribution in [0.1, 0.15) is 40.4 Å². The molecule has 1 amide bonds. The average Bonchev–Trinajstić information content (AvgIpc) is 2.74. The van der Waals surface area contributed by atoms with E-state index in [1.54, 1.807) is 0 Å². The third kappa shape index (κ3) is 3.98. The Hall–Kier alpha value is -2.40. The van der Waals surface area contributed by atoms with Crippen LogP contribution < -0.4 is 10.2 Å². The molecule has 2 fully saturated rings. The molecule has 0 radical (unpaired) electrons. The number of aromatic nitrogens is 1. The Bertz CT molecular complexity index is 792. The zero-order valence-electron chi connectivity index (χ0n) is 16.0. The lowest BCUT2D eigenvalue weighted by Gasteiger charge is -2.33. The van der Waals surface area contributed by atoms with Gasteiger partial charge in [0.05, 0.1) is 0 Å². The van der Waals surface area contributed by atoms with E-state index in [0.717, 1.165) is 57.9 Å². The molecule has 0 atom stereocenters. The number of aryl methyl sites for hydroxylation is 1. The molecule has 0 unspecified atom stereocenters. The summed E-state index contributed by atoms with van der Waals surface area (Å²) >= 11 is 0. The molecule has 27 heavy (non-hydrogen) atoms. The number of nitrogens with zero attached hydrogens (tertiary/aromatic N) is 3. The van der Waals surface area contributed by atoms with Gasteiger partial charge in [-0.3, -0.25) is 4.79 Å². The predicted molar refractivity (Wildman–Crippen MR) is 108 cm³/mol. The van der Waals surface area contributed by atoms with Crippen molar-refractivity contribution in [2.75, 3.05) is 44.2 Å². The van der Waals surface area contributed by atoms with E-state index in [9.17, 15) is 4.79 Å². The number of amides is 1. The minimum absolute atomic E-state index is 0.0650. The fourth-order valence-corrected chi connectivity index (χ4v) is 4.21. The molecule has 5 heteroatoms. The Morgan fingerprint density at radius 3 is 2.48 bits per heavy atom. The van der Waals surface area contributed by atoms with Gasteiger partial charge in [-0.1, -0.05) is 30.3 Å². The Morgan fingerprint density at radius 2 is 1.74 bits per heavy atom. The minimum Gasteiger partial charge on any atom is -0.354 e. The van der Waals surface area contributed by atoms with Gasteiger partial charge in [-0.15, -0.1) is 0 Å². The smallest absolute Gasteiger partial charge is 0.272 e. The molecule has 0 spiro atoms. The lowest BCUT2D eigenvalue weighted by molar-refractivity contribution is 0.0707. The highest BCUT2D eigenvalue weighted by Gasteiger charge is 2.26. The summed E-state index contributed by atoms with van der Waals surface area (Å²) in [5, 5.41) is 3.35. The average molecular weight is 364 g/mol. The van der Waals surface area contributed by atoms with Crippen LogP contribution >= 0.6 is 0 Å². The van der Waals surface area contributed by atoms with Gasteiger partial charge in [0.2, 0.25) is 0 Å². The normalized spacial score (nSPS) is 18.6. The van der Waals surface area contributed by atoms with E-state index < -0.39 is 0 Å². The largest absolute Gasteiger partial charge is 0.354 e. The first-order chi connectivity index (χ1) is 13.2. The van der Waals surface area contributed by atoms with Crippen molar-refractivity contribution in [2.45, 2.75) is 25.7 Å². The number of benzene rings is 1. The van der Waals surface area contributed by atoms with Gasteiger partial charge in [0, 0.05) is 39.3 Å². The van der Waals surface area contributed by atoms with Gasteiger partial charge in [-0.2, -0.15) is 0 Å². The highest BCUT2D eigenvalue weighted by atomic mass is 16.2. The predicted octanol–water partition coefficient (Wildman–Crippen LogP) is 2.82. The fraction of sp³-hybridized carbons (Fsp3) is 0.455. The van der Waals surface area contributed by atoms with Crippen LogP contribution in [0.3, 0.4) is 0 Å². The SMILES string of the molecule is Cc1ccccc1C1CCN(C(=O)c2cccc(N3CCNCC3)n2)CC1. The molecular weight excluding hydrogens is 336 g/mol. The first-order valence-electron chi connectivity index (χ1n) is 10.00. The molecule has 1 aromatic heterocycles. The molecule has 1 N–H and O–H groups in total. The molecule has 1 aromatic carbocycles. The van der Waals surface area contributed by atoms with E-state index in [1.165, 1.54) is 11.1 Å². The van der Waals surface area contributed by atoms with Crippen molar-refractivity contribution in [3.8, 4) is 0 Å². The van der Waals surface area contributed by atoms with Gasteiger partial charge in [0.25, 0.3) is 5.91 Å². The summed E-state index contributed by atoms with van der Waals surface area (Å²) in [6.45, 7) is 7.59. The van der Waals surface area contributed by atoms with Crippen LogP contribution in [0.25, 0.3) is 0 Å². The summed E-state index contributed by atoms with van der Waals surface area (Å²) in [5.74, 6) is 1.53. The second-order valence-corrected chi connectivity index (χ2v) is 7.54. The van der Waals surface area contributed by atoms with Crippen LogP contribution in [-0.4, -0.2) is 55.1 Å². The highest BCUT2D eigenvalue weighted by Crippen LogP contribution is 2.30. The molecule has 0 aliphatic carbocycles. The lowest BCUT2D eigenvalue weighted by atomic mass is 9.87. The van der Waals surface area contributed by atoms with Gasteiger partial charge >= 0.3 is 0 Å². The second-order valence-electron chi connectivity index (χ2n) is 7.54. The van der Waals surface area contributed by atoms with Crippen molar-refractivity contribution >= 4 is 11.7 Å². The zero-order valence-corrected chi connectivity index (χ0v) is 16.0. The molecule has 0 bridgehead atoms. The van der Waals surface area contributed by atoms with E-state index in [4.69, 9.17) is 0 Å². The molecule has 2 aliphatic rings. The van der Waals surface area contributed by atoms with Gasteiger partial charge in [-0.25, -0.2) is 4.98 Å². The van der Waals surface area contributed by atoms with Crippen molar-refractivity contribution in [2.24, 2.45) is 0 Å². The molecular formula is C22H28N4O. The summed E-state index contributed by atoms with van der Waals surface area (Å²) in [5.41, 5.74) is 3.36. The summed E-state index contributed by atoms with van der Waals surface area (Å²) in [7, 11) is 0. The standard InChI is InChI=1S/C22H28N4O/c1-17-5-2-3-6-19(17)18-9-13-26(14-10-18)22(27)20-7-4-8-21(24-20)25-15-11-23-12-16-25/h2-8,18,23H,9-16H2,1H3. The third-order valence-electron chi connectivity index (χ3n) is 5.80. The Kier molecular flexibility index (Phi) is 5.39. The van der Waals surface area contributed by atoms with Crippen molar-refractivity contribution in [1.29, 1.82) is 0 Å². The van der Waals surface area contributed by atoms with Crippen LogP contribution in [0.15, 0.2) is 42.5 Å². The summed E-state index contributed by atoms with van der Waals surface area (Å²) in [6.07, 6.45) is 2.04. The molecule has 2 aromatic rings. The summed E-state index contributed by atoms with van der Waals surface area (Å²) in [6, 6.07) is 14.4. The lowest BCUT2D eigenvalue weighted by Crippen LogP contribution is -2.44. The van der Waals surface area contributed by atoms with Crippen molar-refractivity contribution in [1.82, 2.24) is 15.2 Å². The zero-order chi connectivity index (χ0) is 18.6. The first-order valence-corrected chi connectivity index (χ1v) is 10.00. The van der Waals surface area contributed by atoms with Crippen molar-refractivity contribution in [3.05, 3.63) is 59.3 Å². The van der Waals surface area contributed by atoms with E-state index in [1.807, 2.05) is 23.1 Å². The van der Waals surface area contributed by atoms with Gasteiger partial charge in [0.15, 0.2) is 0 Å². The molecule has 4 rings (SSSR count). The van der Waals surface area contributed by atoms with Crippen molar-refractivity contribution < 1.29 is 4.79 Å². The van der Waals surface area contributed by atoms with E-state index in [0.29, 0.717) is 11.6 Å². The van der Waals surface area contributed by atoms with E-state index >= 15 is 0 Å². The summed E-state index contributed by atoms with van der Waals surface area (Å²) < 4.78 is 0. The maximum atomic E-state index is 13.0. The van der Waals surface area contributed by atoms with Gasteiger partial charge < -0.3 is 15.1 Å². The number of carbonyl (C=O) groups excluding carboxylic acids is 1. The number of carbonyl (C=O) groups is 1. The quantitative estimate of drug-likeness (QED) is 0.910. The number of pyridine rings is 1. The number of piperazine rings is 1. The van der Waals surface area contributed by atoms with Gasteiger partial charge in [-0.05, 0) is 48.9 Å². The highest BCUT2D eigenvalue weighted by molar-refractivity contribution is 5.92. The second kappa shape index (κ2) is 8.09. The molecule has 5 nitrogen and oxygen atoms in total. The number of rotatable bonds is 3. The number of likely N-dealkylation sites (tertiary alicyclic amines) is 1. The third-order valence-corrected chi connectivity index (χ3v) is 5.80. The molecule has 3 heterocycles. The summed E-state index contributed by atoms with van der Waals surface area (Å²) in [4.78, 5) is 21.9. The Labute approximate surface area is 161 Å². The maximum absolute atomic E-state index is 13.0. The number of nitrogens with one attached hydrogen (secondary N) is 1. The fourth-order valence-electron chi connectivity index (χ4n) is 4.21. The number of hydrogen-bond donors (Lipinski definition) is 1.